The van der Waals surface area contributed by atoms with Crippen molar-refractivity contribution in [1.29, 1.82) is 0 Å². The van der Waals surface area contributed by atoms with Gasteiger partial charge >= 0.3 is 5.97 Å². The van der Waals surface area contributed by atoms with Gasteiger partial charge in [-0.3, -0.25) is 14.4 Å². The van der Waals surface area contributed by atoms with Gasteiger partial charge in [-0.15, -0.1) is 11.3 Å². The second-order valence-corrected chi connectivity index (χ2v) is 12.4. The molecule has 9 nitrogen and oxygen atoms in total. The first kappa shape index (κ1) is 31.2. The van der Waals surface area contributed by atoms with E-state index < -0.39 is 35.3 Å². The van der Waals surface area contributed by atoms with Crippen LogP contribution in [0.15, 0.2) is 103 Å². The topological polar surface area (TPSA) is 140 Å². The summed E-state index contributed by atoms with van der Waals surface area (Å²) < 4.78 is 6.10. The van der Waals surface area contributed by atoms with Crippen molar-refractivity contribution in [2.75, 3.05) is 5.32 Å². The van der Waals surface area contributed by atoms with Crippen LogP contribution >= 0.6 is 11.3 Å². The summed E-state index contributed by atoms with van der Waals surface area (Å²) in [6, 6.07) is 27.1. The molecule has 0 bridgehead atoms. The van der Waals surface area contributed by atoms with Crippen LogP contribution in [0.3, 0.4) is 0 Å². The van der Waals surface area contributed by atoms with Crippen LogP contribution in [0, 0.1) is 0 Å². The van der Waals surface area contributed by atoms with E-state index in [0.717, 1.165) is 11.3 Å². The maximum absolute atomic E-state index is 14.0. The molecule has 0 aliphatic heterocycles. The van der Waals surface area contributed by atoms with Crippen molar-refractivity contribution in [2.24, 2.45) is 5.73 Å². The Hall–Kier alpha value is -5.19. The molecule has 4 aromatic carbocycles. The van der Waals surface area contributed by atoms with Gasteiger partial charge in [-0.25, -0.2) is 9.78 Å². The van der Waals surface area contributed by atoms with Gasteiger partial charge in [0.2, 0.25) is 5.78 Å². The van der Waals surface area contributed by atoms with Gasteiger partial charge in [0.15, 0.2) is 5.01 Å². The van der Waals surface area contributed by atoms with E-state index in [2.05, 4.69) is 15.6 Å². The van der Waals surface area contributed by atoms with Crippen LogP contribution in [-0.2, 0) is 9.53 Å². The summed E-state index contributed by atoms with van der Waals surface area (Å²) in [5.74, 6) is -1.68. The Morgan fingerprint density at radius 1 is 0.778 bits per heavy atom. The Morgan fingerprint density at radius 3 is 1.96 bits per heavy atom. The predicted octanol–water partition coefficient (Wildman–Crippen LogP) is 6.24. The van der Waals surface area contributed by atoms with Crippen molar-refractivity contribution in [3.05, 3.63) is 130 Å². The molecule has 1 heterocycles. The Kier molecular flexibility index (Phi) is 9.17. The molecule has 228 valence electrons. The maximum atomic E-state index is 14.0. The van der Waals surface area contributed by atoms with E-state index in [0.29, 0.717) is 38.2 Å². The lowest BCUT2D eigenvalue weighted by Gasteiger charge is -2.22. The van der Waals surface area contributed by atoms with E-state index in [4.69, 9.17) is 10.5 Å². The summed E-state index contributed by atoms with van der Waals surface area (Å²) in [7, 11) is 0. The monoisotopic (exact) mass is 620 g/mol. The van der Waals surface area contributed by atoms with Gasteiger partial charge in [0.25, 0.3) is 11.8 Å². The van der Waals surface area contributed by atoms with Gasteiger partial charge in [-0.05, 0) is 74.4 Å². The van der Waals surface area contributed by atoms with Gasteiger partial charge < -0.3 is 21.1 Å². The Bertz CT molecular complexity index is 1850. The molecule has 0 saturated heterocycles. The predicted molar refractivity (Wildman–Crippen MR) is 174 cm³/mol. The molecular formula is C35H32N4O5S. The molecule has 0 saturated carbocycles. The molecule has 10 heteroatoms. The summed E-state index contributed by atoms with van der Waals surface area (Å²) in [6.45, 7) is 5.28. The fourth-order valence-corrected chi connectivity index (χ4v) is 5.50. The average molecular weight is 621 g/mol. The summed E-state index contributed by atoms with van der Waals surface area (Å²) in [5.41, 5.74) is 8.49. The highest BCUT2D eigenvalue weighted by Gasteiger charge is 2.29. The normalized spacial score (nSPS) is 12.6. The van der Waals surface area contributed by atoms with Crippen LogP contribution in [0.2, 0.25) is 0 Å². The van der Waals surface area contributed by atoms with Crippen molar-refractivity contribution in [1.82, 2.24) is 10.3 Å². The number of carbonyl (C=O) groups excluding carboxylic acids is 4. The van der Waals surface area contributed by atoms with Crippen molar-refractivity contribution < 1.29 is 23.9 Å². The number of fused-ring (bicyclic) bond motifs is 1. The third-order valence-corrected chi connectivity index (χ3v) is 7.79. The van der Waals surface area contributed by atoms with E-state index in [1.54, 1.807) is 118 Å². The first-order valence-corrected chi connectivity index (χ1v) is 15.1. The molecular weight excluding hydrogens is 588 g/mol. The van der Waals surface area contributed by atoms with Crippen LogP contribution in [0.1, 0.15) is 74.5 Å². The van der Waals surface area contributed by atoms with Gasteiger partial charge in [-0.2, -0.15) is 0 Å². The fourth-order valence-electron chi connectivity index (χ4n) is 4.53. The second kappa shape index (κ2) is 13.2. The molecule has 0 spiro atoms. The van der Waals surface area contributed by atoms with E-state index in [1.807, 2.05) is 6.07 Å². The molecule has 0 aliphatic carbocycles. The summed E-state index contributed by atoms with van der Waals surface area (Å²) in [5, 5.41) is 5.90. The molecule has 5 rings (SSSR count). The molecule has 1 aromatic heterocycles. The number of benzene rings is 4. The fraction of sp³-hybridized carbons (Fsp3) is 0.171. The smallest absolute Gasteiger partial charge is 0.328 e. The number of rotatable bonds is 9. The number of hydrogen-bond acceptors (Lipinski definition) is 8. The first-order chi connectivity index (χ1) is 21.5. The number of nitrogens with zero attached hydrogens (tertiary/aromatic N) is 1. The van der Waals surface area contributed by atoms with Crippen molar-refractivity contribution in [3.63, 3.8) is 0 Å². The lowest BCUT2D eigenvalue weighted by Crippen LogP contribution is -2.34. The number of nitrogens with one attached hydrogen (secondary N) is 2. The minimum absolute atomic E-state index is 0.185. The Morgan fingerprint density at radius 2 is 1.36 bits per heavy atom. The molecule has 4 N–H and O–H groups in total. The summed E-state index contributed by atoms with van der Waals surface area (Å²) >= 11 is 1.16. The van der Waals surface area contributed by atoms with Gasteiger partial charge in [0.05, 0.1) is 10.2 Å². The van der Waals surface area contributed by atoms with Crippen LogP contribution in [0.5, 0.6) is 0 Å². The largest absolute Gasteiger partial charge is 0.459 e. The number of Topliss-reactive ketones (excluding diaryl/α,β-unsaturated/α-hetero) is 1. The van der Waals surface area contributed by atoms with Crippen LogP contribution in [-0.4, -0.2) is 34.2 Å². The standard InChI is InChI=1S/C35H32N4O5S/c1-35(2,3)44-34(43)28(36)21-14-16-22(17-15-21)29(39-32(42)24-12-8-5-9-13-24)30(40)33-38-26-19-18-25(20-27(26)45-33)37-31(41)23-10-6-4-7-11-23/h4-20,28-29H,36H2,1-3H3,(H,37,41)(H,39,42). The number of carbonyl (C=O) groups is 4. The number of nitrogens with two attached hydrogens (primary N) is 1. The van der Waals surface area contributed by atoms with Gasteiger partial charge in [-0.1, -0.05) is 60.7 Å². The zero-order valence-electron chi connectivity index (χ0n) is 24.9. The summed E-state index contributed by atoms with van der Waals surface area (Å²) in [4.78, 5) is 56.9. The highest BCUT2D eigenvalue weighted by molar-refractivity contribution is 7.20. The molecule has 0 aliphatic rings. The molecule has 2 atom stereocenters. The van der Waals surface area contributed by atoms with Crippen LogP contribution < -0.4 is 16.4 Å². The third kappa shape index (κ3) is 7.67. The molecule has 2 amide bonds. The molecule has 0 fully saturated rings. The highest BCUT2D eigenvalue weighted by atomic mass is 32.1. The number of aromatic nitrogens is 1. The quantitative estimate of drug-likeness (QED) is 0.131. The number of thiazole rings is 1. The zero-order valence-corrected chi connectivity index (χ0v) is 25.8. The van der Waals surface area contributed by atoms with Gasteiger partial charge in [0, 0.05) is 16.8 Å². The van der Waals surface area contributed by atoms with Crippen molar-refractivity contribution >= 4 is 50.8 Å². The number of ether oxygens (including phenoxy) is 1. The van der Waals surface area contributed by atoms with Crippen molar-refractivity contribution in [2.45, 2.75) is 38.5 Å². The Balaban J connectivity index is 1.42. The lowest BCUT2D eigenvalue weighted by atomic mass is 9.98. The minimum atomic E-state index is -1.08. The molecule has 45 heavy (non-hydrogen) atoms. The van der Waals surface area contributed by atoms with Gasteiger partial charge in [0.1, 0.15) is 17.7 Å². The highest BCUT2D eigenvalue weighted by Crippen LogP contribution is 2.30. The summed E-state index contributed by atoms with van der Waals surface area (Å²) in [6.07, 6.45) is 0. The second-order valence-electron chi connectivity index (χ2n) is 11.3. The lowest BCUT2D eigenvalue weighted by molar-refractivity contribution is -0.156. The number of ketones is 1. The average Bonchev–Trinajstić information content (AvgIpc) is 3.46. The maximum Gasteiger partial charge on any atom is 0.328 e. The molecule has 5 aromatic rings. The van der Waals surface area contributed by atoms with E-state index in [-0.39, 0.29) is 10.9 Å². The van der Waals surface area contributed by atoms with E-state index >= 15 is 0 Å². The minimum Gasteiger partial charge on any atom is -0.459 e. The zero-order chi connectivity index (χ0) is 32.1. The number of anilines is 1. The van der Waals surface area contributed by atoms with E-state index in [1.165, 1.54) is 0 Å². The first-order valence-electron chi connectivity index (χ1n) is 14.2. The molecule has 2 unspecified atom stereocenters. The number of amides is 2. The van der Waals surface area contributed by atoms with E-state index in [9.17, 15) is 19.2 Å². The number of hydrogen-bond donors (Lipinski definition) is 3. The van der Waals surface area contributed by atoms with Crippen molar-refractivity contribution in [3.8, 4) is 0 Å². The SMILES string of the molecule is CC(C)(C)OC(=O)C(N)c1ccc(C(NC(=O)c2ccccc2)C(=O)c2nc3ccc(NC(=O)c4ccccc4)cc3s2)cc1. The van der Waals surface area contributed by atoms with Crippen LogP contribution in [0.25, 0.3) is 10.2 Å². The van der Waals surface area contributed by atoms with Crippen LogP contribution in [0.4, 0.5) is 5.69 Å². The third-order valence-electron chi connectivity index (χ3n) is 6.76. The Labute approximate surface area is 264 Å². The molecule has 0 radical (unpaired) electrons. The number of esters is 1.